The van der Waals surface area contributed by atoms with Gasteiger partial charge in [0.2, 0.25) is 0 Å². The van der Waals surface area contributed by atoms with E-state index in [9.17, 15) is 9.90 Å². The molecule has 5 nitrogen and oxygen atoms in total. The first-order chi connectivity index (χ1) is 15.0. The van der Waals surface area contributed by atoms with Gasteiger partial charge < -0.3 is 19.3 Å². The summed E-state index contributed by atoms with van der Waals surface area (Å²) in [6.45, 7) is 2.97. The minimum Gasteiger partial charge on any atom is -0.494 e. The van der Waals surface area contributed by atoms with Crippen LogP contribution in [-0.2, 0) is 15.1 Å². The molecular formula is C26H34O5. The van der Waals surface area contributed by atoms with Crippen LogP contribution < -0.4 is 4.74 Å². The molecule has 0 unspecified atom stereocenters. The molecule has 0 heterocycles. The maximum atomic E-state index is 11.3. The Balaban J connectivity index is 1.54. The lowest BCUT2D eigenvalue weighted by Crippen LogP contribution is -2.35. The molecule has 2 aromatic carbocycles. The first-order valence-electron chi connectivity index (χ1n) is 11.3. The molecule has 0 amide bonds. The van der Waals surface area contributed by atoms with E-state index in [2.05, 4.69) is 23.8 Å². The number of rotatable bonds is 9. The molecule has 3 rings (SSSR count). The van der Waals surface area contributed by atoms with E-state index in [4.69, 9.17) is 9.47 Å². The predicted octanol–water partition coefficient (Wildman–Crippen LogP) is 6.23. The quantitative estimate of drug-likeness (QED) is 0.380. The third-order valence-electron chi connectivity index (χ3n) is 6.07. The van der Waals surface area contributed by atoms with Gasteiger partial charge in [-0.05, 0) is 60.9 Å². The van der Waals surface area contributed by atoms with Gasteiger partial charge in [0.1, 0.15) is 11.9 Å². The van der Waals surface area contributed by atoms with E-state index in [1.165, 1.54) is 26.4 Å². The number of ether oxygens (including phenoxy) is 3. The van der Waals surface area contributed by atoms with Crippen LogP contribution in [0, 0.1) is 0 Å². The third kappa shape index (κ3) is 6.47. The van der Waals surface area contributed by atoms with Crippen molar-refractivity contribution in [3.8, 4) is 16.9 Å². The van der Waals surface area contributed by atoms with Gasteiger partial charge in [0, 0.05) is 0 Å². The van der Waals surface area contributed by atoms with Gasteiger partial charge in [0.25, 0.3) is 0 Å². The largest absolute Gasteiger partial charge is 0.508 e. The Labute approximate surface area is 185 Å². The molecule has 1 aliphatic carbocycles. The minimum atomic E-state index is -0.885. The van der Waals surface area contributed by atoms with Crippen molar-refractivity contribution in [1.29, 1.82) is 0 Å². The highest BCUT2D eigenvalue weighted by Crippen LogP contribution is 2.38. The van der Waals surface area contributed by atoms with Crippen LogP contribution in [-0.4, -0.2) is 31.1 Å². The topological polar surface area (TPSA) is 65.0 Å². The van der Waals surface area contributed by atoms with Crippen LogP contribution in [0.2, 0.25) is 0 Å². The molecular weight excluding hydrogens is 392 g/mol. The second kappa shape index (κ2) is 11.2. The molecule has 2 aromatic rings. The minimum absolute atomic E-state index is 0.195. The average molecular weight is 427 g/mol. The van der Waals surface area contributed by atoms with Gasteiger partial charge >= 0.3 is 6.16 Å². The number of hydrogen-bond acceptors (Lipinski definition) is 5. The smallest absolute Gasteiger partial charge is 0.494 e. The molecule has 0 spiro atoms. The lowest BCUT2D eigenvalue weighted by Gasteiger charge is -2.36. The Kier molecular flexibility index (Phi) is 8.35. The highest BCUT2D eigenvalue weighted by atomic mass is 16.7. The fourth-order valence-corrected chi connectivity index (χ4v) is 4.09. The summed E-state index contributed by atoms with van der Waals surface area (Å²) in [6, 6.07) is 16.2. The molecule has 1 N–H and O–H groups in total. The van der Waals surface area contributed by atoms with Crippen molar-refractivity contribution in [1.82, 2.24) is 0 Å². The number of hydrogen-bond donors (Lipinski definition) is 1. The third-order valence-corrected chi connectivity index (χ3v) is 6.07. The van der Waals surface area contributed by atoms with Crippen LogP contribution in [0.5, 0.6) is 5.75 Å². The summed E-state index contributed by atoms with van der Waals surface area (Å²) in [6.07, 6.45) is 6.29. The summed E-state index contributed by atoms with van der Waals surface area (Å²) < 4.78 is 15.6. The van der Waals surface area contributed by atoms with Crippen LogP contribution >= 0.6 is 0 Å². The molecule has 1 aliphatic rings. The van der Waals surface area contributed by atoms with Crippen LogP contribution in [0.15, 0.2) is 48.5 Å². The second-order valence-corrected chi connectivity index (χ2v) is 8.31. The van der Waals surface area contributed by atoms with Gasteiger partial charge in [0.15, 0.2) is 0 Å². The predicted molar refractivity (Wildman–Crippen MR) is 121 cm³/mol. The number of benzene rings is 2. The van der Waals surface area contributed by atoms with Crippen LogP contribution in [0.3, 0.4) is 0 Å². The van der Waals surface area contributed by atoms with Gasteiger partial charge in [-0.15, -0.1) is 0 Å². The maximum Gasteiger partial charge on any atom is 0.508 e. The Hall–Kier alpha value is -2.53. The molecule has 0 saturated heterocycles. The van der Waals surface area contributed by atoms with Crippen molar-refractivity contribution < 1.29 is 24.1 Å². The molecule has 31 heavy (non-hydrogen) atoms. The number of unbranched alkanes of at least 4 members (excludes halogenated alkanes) is 3. The Bertz CT molecular complexity index is 805. The molecule has 0 radical (unpaired) electrons. The van der Waals surface area contributed by atoms with Crippen molar-refractivity contribution in [3.05, 3.63) is 54.1 Å². The molecule has 0 atom stereocenters. The number of carbonyl (C=O) groups excluding carboxylic acids is 1. The van der Waals surface area contributed by atoms with E-state index in [1.54, 1.807) is 0 Å². The average Bonchev–Trinajstić information content (AvgIpc) is 2.81. The molecule has 0 bridgehead atoms. The van der Waals surface area contributed by atoms with Crippen molar-refractivity contribution in [2.45, 2.75) is 70.0 Å². The van der Waals surface area contributed by atoms with Gasteiger partial charge in [0.05, 0.1) is 19.3 Å². The summed E-state index contributed by atoms with van der Waals surface area (Å²) in [4.78, 5) is 11.3. The van der Waals surface area contributed by atoms with Crippen molar-refractivity contribution in [3.63, 3.8) is 0 Å². The SMILES string of the molecule is CCCCCCOc1ccc(-c2ccc(C3(O)CCC(OC(=O)OC)CC3)cc2)cc1. The van der Waals surface area contributed by atoms with Gasteiger partial charge in [-0.1, -0.05) is 62.6 Å². The number of methoxy groups -OCH3 is 1. The maximum absolute atomic E-state index is 11.3. The number of aliphatic hydroxyl groups is 1. The first-order valence-corrected chi connectivity index (χ1v) is 11.3. The van der Waals surface area contributed by atoms with E-state index in [1.807, 2.05) is 36.4 Å². The molecule has 0 aliphatic heterocycles. The summed E-state index contributed by atoms with van der Waals surface area (Å²) in [5.74, 6) is 0.900. The lowest BCUT2D eigenvalue weighted by atomic mass is 9.78. The molecule has 1 fully saturated rings. The zero-order chi connectivity index (χ0) is 22.1. The van der Waals surface area contributed by atoms with Crippen LogP contribution in [0.4, 0.5) is 4.79 Å². The van der Waals surface area contributed by atoms with Crippen LogP contribution in [0.1, 0.15) is 63.9 Å². The second-order valence-electron chi connectivity index (χ2n) is 8.31. The first kappa shape index (κ1) is 23.1. The van der Waals surface area contributed by atoms with Gasteiger partial charge in [-0.2, -0.15) is 0 Å². The summed E-state index contributed by atoms with van der Waals surface area (Å²) in [5.41, 5.74) is 2.24. The van der Waals surface area contributed by atoms with E-state index in [-0.39, 0.29) is 6.10 Å². The van der Waals surface area contributed by atoms with E-state index in [0.717, 1.165) is 35.5 Å². The lowest BCUT2D eigenvalue weighted by molar-refractivity contribution is -0.0508. The van der Waals surface area contributed by atoms with E-state index in [0.29, 0.717) is 25.7 Å². The Morgan fingerprint density at radius 2 is 1.58 bits per heavy atom. The standard InChI is InChI=1S/C26H34O5/c1-3-4-5-6-19-30-23-13-9-21(10-14-23)20-7-11-22(12-8-20)26(28)17-15-24(16-18-26)31-25(27)29-2/h7-14,24,28H,3-6,15-19H2,1-2H3. The van der Waals surface area contributed by atoms with E-state index >= 15 is 0 Å². The highest BCUT2D eigenvalue weighted by molar-refractivity contribution is 5.64. The molecule has 1 saturated carbocycles. The molecule has 5 heteroatoms. The number of carbonyl (C=O) groups is 1. The van der Waals surface area contributed by atoms with Crippen molar-refractivity contribution in [2.24, 2.45) is 0 Å². The zero-order valence-electron chi connectivity index (χ0n) is 18.6. The normalized spacial score (nSPS) is 20.8. The Morgan fingerprint density at radius 3 is 2.16 bits per heavy atom. The Morgan fingerprint density at radius 1 is 0.968 bits per heavy atom. The summed E-state index contributed by atoms with van der Waals surface area (Å²) >= 11 is 0. The summed E-state index contributed by atoms with van der Waals surface area (Å²) in [5, 5.41) is 11.1. The molecule has 0 aromatic heterocycles. The highest BCUT2D eigenvalue weighted by Gasteiger charge is 2.36. The van der Waals surface area contributed by atoms with Crippen molar-refractivity contribution >= 4 is 6.16 Å². The van der Waals surface area contributed by atoms with Crippen molar-refractivity contribution in [2.75, 3.05) is 13.7 Å². The zero-order valence-corrected chi connectivity index (χ0v) is 18.6. The van der Waals surface area contributed by atoms with Crippen LogP contribution in [0.25, 0.3) is 11.1 Å². The fraction of sp³-hybridized carbons (Fsp3) is 0.500. The molecule has 168 valence electrons. The fourth-order valence-electron chi connectivity index (χ4n) is 4.09. The van der Waals surface area contributed by atoms with Gasteiger partial charge in [-0.25, -0.2) is 4.79 Å². The monoisotopic (exact) mass is 426 g/mol. The van der Waals surface area contributed by atoms with E-state index < -0.39 is 11.8 Å². The van der Waals surface area contributed by atoms with Gasteiger partial charge in [-0.3, -0.25) is 0 Å². The summed E-state index contributed by atoms with van der Waals surface area (Å²) in [7, 11) is 1.30.